The molecule has 3 rings (SSSR count). The third-order valence-electron chi connectivity index (χ3n) is 4.03. The normalized spacial score (nSPS) is 26.5. The molecule has 4 heteroatoms. The molecule has 1 fully saturated rings. The highest BCUT2D eigenvalue weighted by molar-refractivity contribution is 6.10. The minimum Gasteiger partial charge on any atom is -0.293 e. The van der Waals surface area contributed by atoms with Crippen molar-refractivity contribution in [1.29, 1.82) is 0 Å². The SMILES string of the molecule is O=C1CC2(c3ccc(F)cc3)CCCC=C2C(=O)N1. The fraction of sp³-hybridized carbons (Fsp3) is 0.333. The lowest BCUT2D eigenvalue weighted by molar-refractivity contribution is -0.132. The molecule has 0 spiro atoms. The molecule has 1 N–H and O–H groups in total. The monoisotopic (exact) mass is 259 g/mol. The number of benzene rings is 1. The fourth-order valence-corrected chi connectivity index (χ4v) is 3.16. The Morgan fingerprint density at radius 1 is 1.16 bits per heavy atom. The van der Waals surface area contributed by atoms with E-state index >= 15 is 0 Å². The van der Waals surface area contributed by atoms with Crippen LogP contribution in [0.3, 0.4) is 0 Å². The number of fused-ring (bicyclic) bond motifs is 1. The zero-order valence-electron chi connectivity index (χ0n) is 10.4. The molecule has 2 aliphatic rings. The topological polar surface area (TPSA) is 46.2 Å². The first-order chi connectivity index (χ1) is 9.12. The van der Waals surface area contributed by atoms with Crippen LogP contribution in [-0.4, -0.2) is 11.8 Å². The minimum atomic E-state index is -0.564. The smallest absolute Gasteiger partial charge is 0.254 e. The third-order valence-corrected chi connectivity index (χ3v) is 4.03. The summed E-state index contributed by atoms with van der Waals surface area (Å²) in [5.74, 6) is -0.873. The van der Waals surface area contributed by atoms with Crippen LogP contribution in [0.2, 0.25) is 0 Å². The predicted octanol–water partition coefficient (Wildman–Crippen LogP) is 2.22. The van der Waals surface area contributed by atoms with Crippen molar-refractivity contribution >= 4 is 11.8 Å². The minimum absolute atomic E-state index is 0.256. The Morgan fingerprint density at radius 2 is 1.89 bits per heavy atom. The van der Waals surface area contributed by atoms with Crippen LogP contribution < -0.4 is 5.32 Å². The van der Waals surface area contributed by atoms with Crippen molar-refractivity contribution in [2.24, 2.45) is 0 Å². The number of nitrogens with one attached hydrogen (secondary N) is 1. The van der Waals surface area contributed by atoms with Gasteiger partial charge in [-0.25, -0.2) is 4.39 Å². The molecule has 0 bridgehead atoms. The second-order valence-electron chi connectivity index (χ2n) is 5.15. The van der Waals surface area contributed by atoms with E-state index in [1.54, 1.807) is 12.1 Å². The largest absolute Gasteiger partial charge is 0.293 e. The zero-order chi connectivity index (χ0) is 13.5. The van der Waals surface area contributed by atoms with Crippen LogP contribution in [-0.2, 0) is 15.0 Å². The van der Waals surface area contributed by atoms with Crippen LogP contribution in [0.4, 0.5) is 4.39 Å². The van der Waals surface area contributed by atoms with Crippen molar-refractivity contribution < 1.29 is 14.0 Å². The maximum absolute atomic E-state index is 13.1. The summed E-state index contributed by atoms with van der Waals surface area (Å²) < 4.78 is 13.1. The Bertz CT molecular complexity index is 576. The van der Waals surface area contributed by atoms with Crippen LogP contribution in [0.15, 0.2) is 35.9 Å². The number of piperidine rings is 1. The molecular formula is C15H14FNO2. The molecule has 1 saturated heterocycles. The van der Waals surface area contributed by atoms with Gasteiger partial charge in [0, 0.05) is 17.4 Å². The summed E-state index contributed by atoms with van der Waals surface area (Å²) in [5.41, 5.74) is 0.943. The number of halogens is 1. The Balaban J connectivity index is 2.14. The lowest BCUT2D eigenvalue weighted by Crippen LogP contribution is -2.50. The van der Waals surface area contributed by atoms with E-state index < -0.39 is 5.41 Å². The third kappa shape index (κ3) is 1.87. The van der Waals surface area contributed by atoms with E-state index in [0.717, 1.165) is 24.8 Å². The van der Waals surface area contributed by atoms with E-state index in [1.807, 2.05) is 6.08 Å². The summed E-state index contributed by atoms with van der Waals surface area (Å²) in [5, 5.41) is 2.36. The van der Waals surface area contributed by atoms with Crippen LogP contribution in [0.5, 0.6) is 0 Å². The Labute approximate surface area is 110 Å². The van der Waals surface area contributed by atoms with E-state index in [-0.39, 0.29) is 24.1 Å². The van der Waals surface area contributed by atoms with E-state index in [2.05, 4.69) is 5.32 Å². The summed E-state index contributed by atoms with van der Waals surface area (Å²) in [6.45, 7) is 0. The molecule has 1 aliphatic carbocycles. The van der Waals surface area contributed by atoms with Gasteiger partial charge in [0.2, 0.25) is 5.91 Å². The first kappa shape index (κ1) is 12.1. The number of amides is 2. The van der Waals surface area contributed by atoms with Gasteiger partial charge in [0.05, 0.1) is 0 Å². The molecule has 19 heavy (non-hydrogen) atoms. The van der Waals surface area contributed by atoms with Gasteiger partial charge in [-0.05, 0) is 37.0 Å². The van der Waals surface area contributed by atoms with Crippen LogP contribution in [0.25, 0.3) is 0 Å². The molecule has 0 radical (unpaired) electrons. The lowest BCUT2D eigenvalue weighted by atomic mass is 9.64. The first-order valence-electron chi connectivity index (χ1n) is 6.43. The Morgan fingerprint density at radius 3 is 2.63 bits per heavy atom. The van der Waals surface area contributed by atoms with Crippen molar-refractivity contribution in [2.75, 3.05) is 0 Å². The number of hydrogen-bond donors (Lipinski definition) is 1. The molecule has 1 unspecified atom stereocenters. The average molecular weight is 259 g/mol. The van der Waals surface area contributed by atoms with Gasteiger partial charge in [0.15, 0.2) is 0 Å². The summed E-state index contributed by atoms with van der Waals surface area (Å²) in [7, 11) is 0. The Kier molecular flexibility index (Phi) is 2.73. The standard InChI is InChI=1S/C15H14FNO2/c16-11-6-4-10(5-7-11)15-8-2-1-3-12(15)14(19)17-13(18)9-15/h3-7H,1-2,8-9H2,(H,17,18,19). The molecule has 1 aromatic rings. The molecule has 3 nitrogen and oxygen atoms in total. The molecule has 0 saturated carbocycles. The summed E-state index contributed by atoms with van der Waals surface area (Å²) in [6.07, 6.45) is 4.70. The number of carbonyl (C=O) groups excluding carboxylic acids is 2. The van der Waals surface area contributed by atoms with Gasteiger partial charge in [0.1, 0.15) is 5.82 Å². The van der Waals surface area contributed by atoms with Crippen molar-refractivity contribution in [3.05, 3.63) is 47.3 Å². The van der Waals surface area contributed by atoms with Gasteiger partial charge >= 0.3 is 0 Å². The molecule has 1 aliphatic heterocycles. The molecule has 1 aromatic carbocycles. The molecule has 0 aromatic heterocycles. The predicted molar refractivity (Wildman–Crippen MR) is 67.8 cm³/mol. The van der Waals surface area contributed by atoms with E-state index in [1.165, 1.54) is 12.1 Å². The van der Waals surface area contributed by atoms with Crippen molar-refractivity contribution in [2.45, 2.75) is 31.1 Å². The lowest BCUT2D eigenvalue weighted by Gasteiger charge is -2.41. The number of carbonyl (C=O) groups is 2. The van der Waals surface area contributed by atoms with Crippen molar-refractivity contribution in [3.63, 3.8) is 0 Å². The van der Waals surface area contributed by atoms with Gasteiger partial charge in [-0.15, -0.1) is 0 Å². The molecule has 2 amide bonds. The van der Waals surface area contributed by atoms with Crippen LogP contribution in [0.1, 0.15) is 31.2 Å². The van der Waals surface area contributed by atoms with E-state index in [9.17, 15) is 14.0 Å². The quantitative estimate of drug-likeness (QED) is 0.786. The van der Waals surface area contributed by atoms with Crippen molar-refractivity contribution in [3.8, 4) is 0 Å². The molecule has 1 atom stereocenters. The fourth-order valence-electron chi connectivity index (χ4n) is 3.16. The average Bonchev–Trinajstić information content (AvgIpc) is 2.39. The highest BCUT2D eigenvalue weighted by Crippen LogP contribution is 2.45. The van der Waals surface area contributed by atoms with Gasteiger partial charge in [-0.2, -0.15) is 0 Å². The van der Waals surface area contributed by atoms with Gasteiger partial charge in [0.25, 0.3) is 5.91 Å². The number of hydrogen-bond acceptors (Lipinski definition) is 2. The molecule has 98 valence electrons. The Hall–Kier alpha value is -1.97. The zero-order valence-corrected chi connectivity index (χ0v) is 10.4. The first-order valence-corrected chi connectivity index (χ1v) is 6.43. The van der Waals surface area contributed by atoms with Crippen molar-refractivity contribution in [1.82, 2.24) is 5.32 Å². The highest BCUT2D eigenvalue weighted by Gasteiger charge is 2.46. The maximum atomic E-state index is 13.1. The molecule has 1 heterocycles. The van der Waals surface area contributed by atoms with Crippen LogP contribution >= 0.6 is 0 Å². The van der Waals surface area contributed by atoms with Gasteiger partial charge in [-0.3, -0.25) is 14.9 Å². The maximum Gasteiger partial charge on any atom is 0.254 e. The van der Waals surface area contributed by atoms with Gasteiger partial charge in [-0.1, -0.05) is 18.2 Å². The van der Waals surface area contributed by atoms with E-state index in [4.69, 9.17) is 0 Å². The number of imide groups is 1. The summed E-state index contributed by atoms with van der Waals surface area (Å²) in [4.78, 5) is 23.8. The second kappa shape index (κ2) is 4.30. The second-order valence-corrected chi connectivity index (χ2v) is 5.15. The number of allylic oxidation sites excluding steroid dienone is 1. The summed E-state index contributed by atoms with van der Waals surface area (Å²) in [6, 6.07) is 6.13. The summed E-state index contributed by atoms with van der Waals surface area (Å²) >= 11 is 0. The van der Waals surface area contributed by atoms with Gasteiger partial charge < -0.3 is 0 Å². The number of rotatable bonds is 1. The van der Waals surface area contributed by atoms with Crippen LogP contribution in [0, 0.1) is 5.82 Å². The molecular weight excluding hydrogens is 245 g/mol. The van der Waals surface area contributed by atoms with E-state index in [0.29, 0.717) is 5.57 Å². The highest BCUT2D eigenvalue weighted by atomic mass is 19.1.